The number of rotatable bonds is 5. The van der Waals surface area contributed by atoms with Gasteiger partial charge in [0.25, 0.3) is 5.69 Å². The Morgan fingerprint density at radius 2 is 2.15 bits per heavy atom. The van der Waals surface area contributed by atoms with Crippen molar-refractivity contribution in [2.75, 3.05) is 7.11 Å². The second-order valence-electron chi connectivity index (χ2n) is 4.06. The number of benzene rings is 1. The Hall–Kier alpha value is -2.76. The Morgan fingerprint density at radius 3 is 2.75 bits per heavy atom. The van der Waals surface area contributed by atoms with E-state index in [1.807, 2.05) is 0 Å². The molecular formula is C14H12N2O4. The maximum Gasteiger partial charge on any atom is 0.273 e. The summed E-state index contributed by atoms with van der Waals surface area (Å²) < 4.78 is 5.05. The van der Waals surface area contributed by atoms with Crippen molar-refractivity contribution in [3.05, 3.63) is 64.0 Å². The normalized spacial score (nSPS) is 10.1. The third-order valence-electron chi connectivity index (χ3n) is 2.76. The summed E-state index contributed by atoms with van der Waals surface area (Å²) in [7, 11) is 1.37. The van der Waals surface area contributed by atoms with Crippen molar-refractivity contribution >= 4 is 11.5 Å². The van der Waals surface area contributed by atoms with Crippen LogP contribution >= 0.6 is 0 Å². The summed E-state index contributed by atoms with van der Waals surface area (Å²) in [4.78, 5) is 26.4. The number of aromatic nitrogens is 1. The molecule has 102 valence electrons. The largest absolute Gasteiger partial charge is 0.496 e. The standard InChI is InChI=1S/C14H12N2O4/c1-20-14-9-11(16(18)19)5-6-12(14)13(17)8-10-4-2-3-7-15-10/h2-7,9H,8H2,1H3. The Balaban J connectivity index is 2.28. The van der Waals surface area contributed by atoms with Gasteiger partial charge < -0.3 is 4.74 Å². The van der Waals surface area contributed by atoms with E-state index in [1.165, 1.54) is 25.3 Å². The van der Waals surface area contributed by atoms with Crippen LogP contribution in [0.15, 0.2) is 42.6 Å². The van der Waals surface area contributed by atoms with Crippen LogP contribution < -0.4 is 4.74 Å². The van der Waals surface area contributed by atoms with Crippen LogP contribution in [0.3, 0.4) is 0 Å². The second-order valence-corrected chi connectivity index (χ2v) is 4.06. The molecule has 1 aromatic carbocycles. The number of hydrogen-bond acceptors (Lipinski definition) is 5. The van der Waals surface area contributed by atoms with E-state index in [0.717, 1.165) is 0 Å². The summed E-state index contributed by atoms with van der Waals surface area (Å²) in [5, 5.41) is 10.7. The van der Waals surface area contributed by atoms with Crippen LogP contribution in [0, 0.1) is 10.1 Å². The van der Waals surface area contributed by atoms with Gasteiger partial charge >= 0.3 is 0 Å². The van der Waals surface area contributed by atoms with Gasteiger partial charge in [-0.1, -0.05) is 6.07 Å². The van der Waals surface area contributed by atoms with E-state index in [9.17, 15) is 14.9 Å². The van der Waals surface area contributed by atoms with E-state index >= 15 is 0 Å². The Labute approximate surface area is 115 Å². The molecule has 0 saturated carbocycles. The first-order chi connectivity index (χ1) is 9.61. The molecule has 20 heavy (non-hydrogen) atoms. The molecule has 1 aromatic heterocycles. The van der Waals surface area contributed by atoms with E-state index in [-0.39, 0.29) is 23.6 Å². The SMILES string of the molecule is COc1cc([N+](=O)[O-])ccc1C(=O)Cc1ccccn1. The highest BCUT2D eigenvalue weighted by molar-refractivity contribution is 6.00. The third kappa shape index (κ3) is 2.97. The van der Waals surface area contributed by atoms with Gasteiger partial charge in [0, 0.05) is 18.0 Å². The molecule has 0 aliphatic heterocycles. The van der Waals surface area contributed by atoms with Gasteiger partial charge in [-0.05, 0) is 18.2 Å². The zero-order valence-electron chi connectivity index (χ0n) is 10.8. The number of carbonyl (C=O) groups excluding carboxylic acids is 1. The molecular weight excluding hydrogens is 260 g/mol. The van der Waals surface area contributed by atoms with Crippen LogP contribution in [0.4, 0.5) is 5.69 Å². The quantitative estimate of drug-likeness (QED) is 0.474. The van der Waals surface area contributed by atoms with E-state index in [4.69, 9.17) is 4.74 Å². The zero-order chi connectivity index (χ0) is 14.5. The van der Waals surface area contributed by atoms with Crippen LogP contribution in [-0.2, 0) is 6.42 Å². The van der Waals surface area contributed by atoms with Crippen molar-refractivity contribution in [2.45, 2.75) is 6.42 Å². The molecule has 0 aliphatic carbocycles. The highest BCUT2D eigenvalue weighted by Gasteiger charge is 2.17. The average molecular weight is 272 g/mol. The first kappa shape index (κ1) is 13.7. The minimum Gasteiger partial charge on any atom is -0.496 e. The van der Waals surface area contributed by atoms with Gasteiger partial charge in [-0.2, -0.15) is 0 Å². The van der Waals surface area contributed by atoms with Gasteiger partial charge in [0.15, 0.2) is 5.78 Å². The minimum absolute atomic E-state index is 0.115. The molecule has 6 heteroatoms. The van der Waals surface area contributed by atoms with Crippen LogP contribution in [0.2, 0.25) is 0 Å². The molecule has 0 bridgehead atoms. The Morgan fingerprint density at radius 1 is 1.35 bits per heavy atom. The summed E-state index contributed by atoms with van der Waals surface area (Å²) in [6, 6.07) is 9.24. The summed E-state index contributed by atoms with van der Waals surface area (Å²) >= 11 is 0. The lowest BCUT2D eigenvalue weighted by Crippen LogP contribution is -2.07. The maximum atomic E-state index is 12.2. The van der Waals surface area contributed by atoms with Crippen molar-refractivity contribution in [3.63, 3.8) is 0 Å². The molecule has 2 rings (SSSR count). The molecule has 0 aliphatic rings. The molecule has 6 nitrogen and oxygen atoms in total. The zero-order valence-corrected chi connectivity index (χ0v) is 10.8. The van der Waals surface area contributed by atoms with E-state index in [0.29, 0.717) is 11.3 Å². The first-order valence-corrected chi connectivity index (χ1v) is 5.87. The van der Waals surface area contributed by atoms with Gasteiger partial charge in [-0.25, -0.2) is 0 Å². The third-order valence-corrected chi connectivity index (χ3v) is 2.76. The summed E-state index contributed by atoms with van der Waals surface area (Å²) in [6.07, 6.45) is 1.73. The maximum absolute atomic E-state index is 12.2. The Kier molecular flexibility index (Phi) is 4.05. The number of nitro benzene ring substituents is 1. The minimum atomic E-state index is -0.532. The monoisotopic (exact) mass is 272 g/mol. The molecule has 0 fully saturated rings. The number of carbonyl (C=O) groups is 1. The van der Waals surface area contributed by atoms with Crippen molar-refractivity contribution < 1.29 is 14.5 Å². The van der Waals surface area contributed by atoms with Crippen LogP contribution in [0.5, 0.6) is 5.75 Å². The Bertz CT molecular complexity index is 641. The van der Waals surface area contributed by atoms with Crippen LogP contribution in [-0.4, -0.2) is 22.8 Å². The van der Waals surface area contributed by atoms with Gasteiger partial charge in [-0.15, -0.1) is 0 Å². The molecule has 0 saturated heterocycles. The molecule has 2 aromatic rings. The highest BCUT2D eigenvalue weighted by atomic mass is 16.6. The number of pyridine rings is 1. The number of ether oxygens (including phenoxy) is 1. The number of nitro groups is 1. The molecule has 1 heterocycles. The number of nitrogens with zero attached hydrogens (tertiary/aromatic N) is 2. The summed E-state index contributed by atoms with van der Waals surface area (Å²) in [6.45, 7) is 0. The predicted octanol–water partition coefficient (Wildman–Crippen LogP) is 2.42. The number of methoxy groups -OCH3 is 1. The van der Waals surface area contributed by atoms with E-state index in [1.54, 1.807) is 24.4 Å². The lowest BCUT2D eigenvalue weighted by Gasteiger charge is -2.07. The van der Waals surface area contributed by atoms with Gasteiger partial charge in [0.2, 0.25) is 0 Å². The summed E-state index contributed by atoms with van der Waals surface area (Å²) in [5.41, 5.74) is 0.831. The second kappa shape index (κ2) is 5.92. The van der Waals surface area contributed by atoms with Crippen molar-refractivity contribution in [3.8, 4) is 5.75 Å². The fourth-order valence-corrected chi connectivity index (χ4v) is 1.79. The first-order valence-electron chi connectivity index (χ1n) is 5.87. The lowest BCUT2D eigenvalue weighted by atomic mass is 10.0. The molecule has 0 spiro atoms. The fourth-order valence-electron chi connectivity index (χ4n) is 1.79. The fraction of sp³-hybridized carbons (Fsp3) is 0.143. The van der Waals surface area contributed by atoms with Crippen LogP contribution in [0.25, 0.3) is 0 Å². The van der Waals surface area contributed by atoms with Crippen molar-refractivity contribution in [2.24, 2.45) is 0 Å². The molecule has 0 radical (unpaired) electrons. The van der Waals surface area contributed by atoms with Gasteiger partial charge in [0.1, 0.15) is 5.75 Å². The summed E-state index contributed by atoms with van der Waals surface area (Å²) in [5.74, 6) is -0.00409. The number of Topliss-reactive ketones (excluding diaryl/α,β-unsaturated/α-hetero) is 1. The molecule has 0 atom stereocenters. The van der Waals surface area contributed by atoms with Crippen molar-refractivity contribution in [1.82, 2.24) is 4.98 Å². The van der Waals surface area contributed by atoms with Gasteiger partial charge in [-0.3, -0.25) is 19.9 Å². The smallest absolute Gasteiger partial charge is 0.273 e. The van der Waals surface area contributed by atoms with Crippen LogP contribution in [0.1, 0.15) is 16.1 Å². The van der Waals surface area contributed by atoms with E-state index < -0.39 is 4.92 Å². The lowest BCUT2D eigenvalue weighted by molar-refractivity contribution is -0.384. The predicted molar refractivity (Wildman–Crippen MR) is 71.9 cm³/mol. The average Bonchev–Trinajstić information content (AvgIpc) is 2.47. The number of ketones is 1. The molecule has 0 unspecified atom stereocenters. The number of hydrogen-bond donors (Lipinski definition) is 0. The topological polar surface area (TPSA) is 82.3 Å². The number of non-ortho nitro benzene ring substituents is 1. The van der Waals surface area contributed by atoms with E-state index in [2.05, 4.69) is 4.98 Å². The molecule has 0 amide bonds. The van der Waals surface area contributed by atoms with Gasteiger partial charge in [0.05, 0.1) is 30.1 Å². The highest BCUT2D eigenvalue weighted by Crippen LogP contribution is 2.25. The molecule has 0 N–H and O–H groups in total. The van der Waals surface area contributed by atoms with Crippen molar-refractivity contribution in [1.29, 1.82) is 0 Å².